The van der Waals surface area contributed by atoms with Gasteiger partial charge in [0, 0.05) is 17.6 Å². The third-order valence-electron chi connectivity index (χ3n) is 5.68. The third-order valence-corrected chi connectivity index (χ3v) is 5.92. The molecule has 31 heavy (non-hydrogen) atoms. The zero-order valence-electron chi connectivity index (χ0n) is 18.3. The Morgan fingerprint density at radius 2 is 1.90 bits per heavy atom. The van der Waals surface area contributed by atoms with Crippen molar-refractivity contribution < 1.29 is 14.3 Å². The number of nitrogens with one attached hydrogen (secondary N) is 1. The number of halogens is 1. The molecule has 0 aromatic heterocycles. The number of hydrogen-bond donors (Lipinski definition) is 1. The number of carbonyl (C=O) groups excluding carboxylic acids is 2. The van der Waals surface area contributed by atoms with Crippen LogP contribution in [0.25, 0.3) is 0 Å². The van der Waals surface area contributed by atoms with Crippen LogP contribution in [0.4, 0.5) is 0 Å². The summed E-state index contributed by atoms with van der Waals surface area (Å²) < 4.78 is 5.69. The molecule has 5 nitrogen and oxygen atoms in total. The molecule has 2 amide bonds. The minimum atomic E-state index is -0.545. The second kappa shape index (κ2) is 11.2. The summed E-state index contributed by atoms with van der Waals surface area (Å²) in [4.78, 5) is 28.0. The number of amides is 2. The van der Waals surface area contributed by atoms with E-state index < -0.39 is 6.04 Å². The summed E-state index contributed by atoms with van der Waals surface area (Å²) in [6.07, 6.45) is 4.83. The van der Waals surface area contributed by atoms with Gasteiger partial charge >= 0.3 is 0 Å². The minimum Gasteiger partial charge on any atom is -0.484 e. The zero-order chi connectivity index (χ0) is 22.2. The first kappa shape index (κ1) is 23.1. The molecule has 2 aromatic rings. The lowest BCUT2D eigenvalue weighted by molar-refractivity contribution is -0.143. The number of rotatable bonds is 9. The Hall–Kier alpha value is -2.53. The molecule has 0 aliphatic heterocycles. The maximum absolute atomic E-state index is 13.2. The fraction of sp³-hybridized carbons (Fsp3) is 0.440. The van der Waals surface area contributed by atoms with Crippen molar-refractivity contribution in [2.75, 3.05) is 6.61 Å². The van der Waals surface area contributed by atoms with Crippen molar-refractivity contribution in [1.82, 2.24) is 10.2 Å². The fourth-order valence-corrected chi connectivity index (χ4v) is 4.26. The minimum absolute atomic E-state index is 0.0850. The maximum Gasteiger partial charge on any atom is 0.261 e. The Morgan fingerprint density at radius 3 is 2.58 bits per heavy atom. The number of hydrogen-bond acceptors (Lipinski definition) is 3. The smallest absolute Gasteiger partial charge is 0.261 e. The lowest BCUT2D eigenvalue weighted by Gasteiger charge is -2.31. The van der Waals surface area contributed by atoms with Crippen molar-refractivity contribution in [2.45, 2.75) is 64.6 Å². The summed E-state index contributed by atoms with van der Waals surface area (Å²) in [6.45, 7) is 4.16. The Balaban J connectivity index is 1.76. The predicted molar refractivity (Wildman–Crippen MR) is 123 cm³/mol. The van der Waals surface area contributed by atoms with Crippen molar-refractivity contribution in [3.05, 3.63) is 64.7 Å². The Kier molecular flexibility index (Phi) is 8.35. The number of ether oxygens (including phenoxy) is 1. The number of carbonyl (C=O) groups is 2. The third kappa shape index (κ3) is 6.73. The van der Waals surface area contributed by atoms with E-state index in [9.17, 15) is 9.59 Å². The van der Waals surface area contributed by atoms with E-state index in [4.69, 9.17) is 16.3 Å². The predicted octanol–water partition coefficient (Wildman–Crippen LogP) is 4.89. The number of benzene rings is 2. The van der Waals surface area contributed by atoms with Crippen molar-refractivity contribution in [2.24, 2.45) is 0 Å². The lowest BCUT2D eigenvalue weighted by atomic mass is 10.1. The molecule has 0 spiro atoms. The van der Waals surface area contributed by atoms with Gasteiger partial charge in [-0.05, 0) is 49.9 Å². The summed E-state index contributed by atoms with van der Waals surface area (Å²) in [7, 11) is 0. The molecule has 1 unspecified atom stereocenters. The summed E-state index contributed by atoms with van der Waals surface area (Å²) >= 11 is 6.01. The van der Waals surface area contributed by atoms with Crippen LogP contribution in [0.3, 0.4) is 0 Å². The molecule has 0 radical (unpaired) electrons. The highest BCUT2D eigenvalue weighted by atomic mass is 35.5. The molecule has 0 saturated heterocycles. The van der Waals surface area contributed by atoms with Gasteiger partial charge in [-0.3, -0.25) is 9.59 Å². The summed E-state index contributed by atoms with van der Waals surface area (Å²) in [6, 6.07) is 14.6. The molecular weight excluding hydrogens is 412 g/mol. The molecule has 1 N–H and O–H groups in total. The van der Waals surface area contributed by atoms with E-state index in [2.05, 4.69) is 5.32 Å². The molecule has 0 bridgehead atoms. The molecule has 1 fully saturated rings. The molecular formula is C25H31ClN2O3. The maximum atomic E-state index is 13.2. The highest BCUT2D eigenvalue weighted by Crippen LogP contribution is 2.20. The second-order valence-corrected chi connectivity index (χ2v) is 8.61. The normalized spacial score (nSPS) is 14.8. The van der Waals surface area contributed by atoms with Crippen molar-refractivity contribution in [3.8, 4) is 5.75 Å². The molecule has 1 saturated carbocycles. The van der Waals surface area contributed by atoms with Gasteiger partial charge in [0.1, 0.15) is 11.8 Å². The topological polar surface area (TPSA) is 58.6 Å². The van der Waals surface area contributed by atoms with Crippen LogP contribution < -0.4 is 10.1 Å². The van der Waals surface area contributed by atoms with Crippen LogP contribution in [-0.4, -0.2) is 35.4 Å². The average Bonchev–Trinajstić information content (AvgIpc) is 3.25. The van der Waals surface area contributed by atoms with Crippen molar-refractivity contribution in [3.63, 3.8) is 0 Å². The van der Waals surface area contributed by atoms with Gasteiger partial charge in [-0.15, -0.1) is 0 Å². The molecule has 166 valence electrons. The van der Waals surface area contributed by atoms with Crippen LogP contribution in [0.1, 0.15) is 50.2 Å². The quantitative estimate of drug-likeness (QED) is 0.601. The van der Waals surface area contributed by atoms with Crippen LogP contribution in [0.5, 0.6) is 5.75 Å². The van der Waals surface area contributed by atoms with Crippen LogP contribution in [-0.2, 0) is 16.1 Å². The monoisotopic (exact) mass is 442 g/mol. The summed E-state index contributed by atoms with van der Waals surface area (Å²) in [5.41, 5.74) is 2.10. The van der Waals surface area contributed by atoms with Crippen LogP contribution in [0.15, 0.2) is 48.5 Å². The van der Waals surface area contributed by atoms with Gasteiger partial charge in [0.15, 0.2) is 6.61 Å². The standard InChI is InChI=1S/C25H31ClN2O3/c1-3-23(25(30)27-21-11-4-5-12-21)28(16-19-9-6-8-18(2)14-19)24(29)17-31-22-13-7-10-20(26)15-22/h6-10,13-15,21,23H,3-5,11-12,16-17H2,1-2H3,(H,27,30). The Morgan fingerprint density at radius 1 is 1.16 bits per heavy atom. The number of aryl methyl sites for hydroxylation is 1. The van der Waals surface area contributed by atoms with E-state index in [-0.39, 0.29) is 24.5 Å². The van der Waals surface area contributed by atoms with Gasteiger partial charge in [0.05, 0.1) is 0 Å². The second-order valence-electron chi connectivity index (χ2n) is 8.17. The first-order valence-electron chi connectivity index (χ1n) is 11.0. The molecule has 3 rings (SSSR count). The van der Waals surface area contributed by atoms with E-state index in [1.165, 1.54) is 0 Å². The van der Waals surface area contributed by atoms with E-state index in [0.29, 0.717) is 23.7 Å². The summed E-state index contributed by atoms with van der Waals surface area (Å²) in [5, 5.41) is 3.70. The molecule has 2 aromatic carbocycles. The zero-order valence-corrected chi connectivity index (χ0v) is 19.0. The van der Waals surface area contributed by atoms with Crippen LogP contribution in [0.2, 0.25) is 5.02 Å². The van der Waals surface area contributed by atoms with Gasteiger partial charge in [0.25, 0.3) is 5.91 Å². The van der Waals surface area contributed by atoms with Crippen LogP contribution >= 0.6 is 11.6 Å². The highest BCUT2D eigenvalue weighted by Gasteiger charge is 2.30. The van der Waals surface area contributed by atoms with Gasteiger partial charge < -0.3 is 15.0 Å². The van der Waals surface area contributed by atoms with E-state index >= 15 is 0 Å². The van der Waals surface area contributed by atoms with Gasteiger partial charge in [-0.25, -0.2) is 0 Å². The number of nitrogens with zero attached hydrogens (tertiary/aromatic N) is 1. The lowest BCUT2D eigenvalue weighted by Crippen LogP contribution is -2.52. The first-order chi connectivity index (χ1) is 15.0. The molecule has 1 aliphatic rings. The van der Waals surface area contributed by atoms with Crippen molar-refractivity contribution in [1.29, 1.82) is 0 Å². The Bertz CT molecular complexity index is 896. The summed E-state index contributed by atoms with van der Waals surface area (Å²) in [5.74, 6) is 0.216. The van der Waals surface area contributed by atoms with E-state index in [0.717, 1.165) is 36.8 Å². The average molecular weight is 443 g/mol. The van der Waals surface area contributed by atoms with Gasteiger partial charge in [-0.2, -0.15) is 0 Å². The fourth-order valence-electron chi connectivity index (χ4n) is 4.08. The Labute approximate surface area is 189 Å². The largest absolute Gasteiger partial charge is 0.484 e. The van der Waals surface area contributed by atoms with Gasteiger partial charge in [0.2, 0.25) is 5.91 Å². The molecule has 0 heterocycles. The van der Waals surface area contributed by atoms with Crippen molar-refractivity contribution >= 4 is 23.4 Å². The van der Waals surface area contributed by atoms with E-state index in [1.807, 2.05) is 38.1 Å². The molecule has 1 atom stereocenters. The van der Waals surface area contributed by atoms with Crippen LogP contribution in [0, 0.1) is 6.92 Å². The first-order valence-corrected chi connectivity index (χ1v) is 11.4. The van der Waals surface area contributed by atoms with E-state index in [1.54, 1.807) is 29.2 Å². The van der Waals surface area contributed by atoms with Gasteiger partial charge in [-0.1, -0.05) is 67.3 Å². The highest BCUT2D eigenvalue weighted by molar-refractivity contribution is 6.30. The molecule has 6 heteroatoms. The SMILES string of the molecule is CCC(C(=O)NC1CCCC1)N(Cc1cccc(C)c1)C(=O)COc1cccc(Cl)c1. The molecule has 1 aliphatic carbocycles.